The summed E-state index contributed by atoms with van der Waals surface area (Å²) in [7, 11) is -1.16. The van der Waals surface area contributed by atoms with Crippen molar-refractivity contribution < 1.29 is 27.1 Å². The van der Waals surface area contributed by atoms with Crippen LogP contribution in [-0.4, -0.2) is 91.9 Å². The molecule has 10 nitrogen and oxygen atoms in total. The van der Waals surface area contributed by atoms with E-state index in [1.54, 1.807) is 6.33 Å². The fourth-order valence-corrected chi connectivity index (χ4v) is 6.66. The van der Waals surface area contributed by atoms with E-state index in [4.69, 9.17) is 4.74 Å². The Hall–Kier alpha value is -3.69. The van der Waals surface area contributed by atoms with Crippen LogP contribution in [0.1, 0.15) is 34.9 Å². The summed E-state index contributed by atoms with van der Waals surface area (Å²) in [6.45, 7) is 10.4. The first-order chi connectivity index (χ1) is 21.4. The number of aromatic nitrogens is 6. The molecule has 6 rings (SSSR count). The molecule has 2 saturated heterocycles. The zero-order chi connectivity index (χ0) is 31.9. The molecule has 0 spiro atoms. The molecule has 0 N–H and O–H groups in total. The molecule has 15 heteroatoms. The molecule has 0 unspecified atom stereocenters. The zero-order valence-electron chi connectivity index (χ0n) is 25.5. The maximum atomic E-state index is 14.5. The molecule has 0 atom stereocenters. The smallest absolute Gasteiger partial charge is 0.361 e. The van der Waals surface area contributed by atoms with Crippen LogP contribution in [0.4, 0.5) is 17.6 Å². The topological polar surface area (TPSA) is 94.2 Å². The molecule has 1 amide bonds. The number of alkyl halides is 3. The Kier molecular flexibility index (Phi) is 8.52. The number of hydrogen-bond acceptors (Lipinski definition) is 7. The Balaban J connectivity index is 1.03. The van der Waals surface area contributed by atoms with Crippen LogP contribution < -0.4 is 0 Å². The van der Waals surface area contributed by atoms with Crippen molar-refractivity contribution in [2.24, 2.45) is 0 Å². The Labute approximate surface area is 259 Å². The molecule has 0 saturated carbocycles. The highest BCUT2D eigenvalue weighted by Crippen LogP contribution is 2.33. The van der Waals surface area contributed by atoms with Gasteiger partial charge in [-0.1, -0.05) is 19.6 Å². The molecule has 240 valence electrons. The fraction of sp³-hybridized carbons (Fsp3) is 0.500. The van der Waals surface area contributed by atoms with Gasteiger partial charge in [0.25, 0.3) is 5.91 Å². The van der Waals surface area contributed by atoms with Gasteiger partial charge in [0.05, 0.1) is 23.5 Å². The van der Waals surface area contributed by atoms with Crippen molar-refractivity contribution in [2.45, 2.75) is 63.5 Å². The van der Waals surface area contributed by atoms with E-state index in [2.05, 4.69) is 44.6 Å². The van der Waals surface area contributed by atoms with Gasteiger partial charge in [-0.25, -0.2) is 19.3 Å². The van der Waals surface area contributed by atoms with Crippen LogP contribution in [-0.2, 0) is 17.6 Å². The average molecular weight is 645 g/mol. The molecule has 4 aromatic heterocycles. The molecule has 2 aliphatic heterocycles. The molecule has 2 aliphatic rings. The first-order valence-corrected chi connectivity index (χ1v) is 18.8. The summed E-state index contributed by atoms with van der Waals surface area (Å²) >= 11 is 0. The first kappa shape index (κ1) is 31.3. The summed E-state index contributed by atoms with van der Waals surface area (Å²) in [5, 5.41) is 5.56. The van der Waals surface area contributed by atoms with E-state index in [0.717, 1.165) is 60.3 Å². The number of rotatable bonds is 9. The predicted octanol–water partition coefficient (Wildman–Crippen LogP) is 5.32. The van der Waals surface area contributed by atoms with Crippen LogP contribution in [0.5, 0.6) is 0 Å². The highest BCUT2D eigenvalue weighted by Gasteiger charge is 2.40. The van der Waals surface area contributed by atoms with Crippen molar-refractivity contribution in [2.75, 3.05) is 32.8 Å². The number of amides is 1. The Morgan fingerprint density at radius 2 is 1.82 bits per heavy atom. The highest BCUT2D eigenvalue weighted by molar-refractivity contribution is 6.76. The third-order valence-electron chi connectivity index (χ3n) is 8.58. The quantitative estimate of drug-likeness (QED) is 0.138. The lowest BCUT2D eigenvalue weighted by atomic mass is 9.97. The molecule has 2 fully saturated rings. The summed E-state index contributed by atoms with van der Waals surface area (Å²) in [6.07, 6.45) is 4.52. The number of pyridine rings is 1. The van der Waals surface area contributed by atoms with Crippen molar-refractivity contribution in [1.82, 2.24) is 39.1 Å². The third kappa shape index (κ3) is 6.65. The minimum absolute atomic E-state index is 0.187. The van der Waals surface area contributed by atoms with Crippen LogP contribution in [0.2, 0.25) is 25.7 Å². The molecule has 0 radical (unpaired) electrons. The van der Waals surface area contributed by atoms with E-state index in [1.165, 1.54) is 4.90 Å². The van der Waals surface area contributed by atoms with Crippen molar-refractivity contribution in [3.05, 3.63) is 60.3 Å². The predicted molar refractivity (Wildman–Crippen MR) is 162 cm³/mol. The number of hydrogen-bond donors (Lipinski definition) is 0. The number of likely N-dealkylation sites (tertiary alicyclic amines) is 2. The summed E-state index contributed by atoms with van der Waals surface area (Å²) in [5.41, 5.74) is 0.262. The fourth-order valence-electron chi connectivity index (χ4n) is 5.90. The number of fused-ring (bicyclic) bond motifs is 1. The van der Waals surface area contributed by atoms with Crippen LogP contribution in [0.25, 0.3) is 22.3 Å². The zero-order valence-corrected chi connectivity index (χ0v) is 26.5. The summed E-state index contributed by atoms with van der Waals surface area (Å²) in [5.74, 6) is -2.36. The number of nitrogens with zero attached hydrogens (tertiary/aromatic N) is 8. The number of carbonyl (C=O) groups is 1. The van der Waals surface area contributed by atoms with Crippen LogP contribution in [0.3, 0.4) is 0 Å². The normalized spacial score (nSPS) is 17.3. The van der Waals surface area contributed by atoms with Crippen molar-refractivity contribution >= 4 is 25.0 Å². The van der Waals surface area contributed by atoms with Gasteiger partial charge in [0.1, 0.15) is 18.7 Å². The molecule has 4 aromatic rings. The summed E-state index contributed by atoms with van der Waals surface area (Å²) in [6, 6.07) is 4.52. The monoisotopic (exact) mass is 644 g/mol. The third-order valence-corrected chi connectivity index (χ3v) is 10.3. The molecular weight excluding hydrogens is 608 g/mol. The first-order valence-electron chi connectivity index (χ1n) is 15.1. The van der Waals surface area contributed by atoms with Crippen molar-refractivity contribution in [3.8, 4) is 11.3 Å². The lowest BCUT2D eigenvalue weighted by Crippen LogP contribution is -2.56. The minimum Gasteiger partial charge on any atom is -0.361 e. The Morgan fingerprint density at radius 3 is 2.53 bits per heavy atom. The number of halogens is 4. The number of ether oxygens (including phenoxy) is 1. The van der Waals surface area contributed by atoms with E-state index < -0.39 is 37.2 Å². The molecular formula is C30H36F4N8O2Si. The second kappa shape index (κ2) is 12.2. The van der Waals surface area contributed by atoms with Gasteiger partial charge >= 0.3 is 6.18 Å². The Bertz CT molecular complexity index is 1670. The lowest BCUT2D eigenvalue weighted by molar-refractivity contribution is -0.143. The highest BCUT2D eigenvalue weighted by atomic mass is 28.3. The van der Waals surface area contributed by atoms with Gasteiger partial charge < -0.3 is 14.2 Å². The Morgan fingerprint density at radius 1 is 1.07 bits per heavy atom. The maximum absolute atomic E-state index is 14.5. The van der Waals surface area contributed by atoms with E-state index >= 15 is 0 Å². The van der Waals surface area contributed by atoms with E-state index in [0.29, 0.717) is 32.7 Å². The summed E-state index contributed by atoms with van der Waals surface area (Å²) in [4.78, 5) is 28.7. The molecule has 0 aromatic carbocycles. The van der Waals surface area contributed by atoms with Gasteiger partial charge in [-0.15, -0.1) is 0 Å². The van der Waals surface area contributed by atoms with Gasteiger partial charge in [0.2, 0.25) is 0 Å². The molecule has 45 heavy (non-hydrogen) atoms. The van der Waals surface area contributed by atoms with Gasteiger partial charge in [-0.2, -0.15) is 18.3 Å². The number of piperidine rings is 1. The second-order valence-electron chi connectivity index (χ2n) is 13.0. The maximum Gasteiger partial charge on any atom is 0.436 e. The van der Waals surface area contributed by atoms with Crippen LogP contribution in [0, 0.1) is 5.82 Å². The second-order valence-corrected chi connectivity index (χ2v) is 18.6. The van der Waals surface area contributed by atoms with E-state index in [1.807, 2.05) is 33.9 Å². The largest absolute Gasteiger partial charge is 0.436 e. The SMILES string of the molecule is C[Si](C)(C)CCOCn1ccc2c(-c3cnn(C4CN(C5CCN(C(=O)c6ccnc(C(F)(F)F)c6F)CC5)C4)c3)ncnc21. The van der Waals surface area contributed by atoms with Gasteiger partial charge in [-0.3, -0.25) is 14.4 Å². The van der Waals surface area contributed by atoms with Crippen molar-refractivity contribution in [1.29, 1.82) is 0 Å². The average Bonchev–Trinajstić information content (AvgIpc) is 3.61. The standard InChI is InChI=1S/C30H36F4N8O2Si/c1-45(2,3)13-12-44-19-40-11-7-24-26(36-18-37-28(24)40)20-14-38-42(15-20)22-16-41(17-22)21-5-9-39(10-6-21)29(43)23-4-8-35-27(25(23)31)30(32,33)34/h4,7-8,11,14-15,18,21-22H,5-6,9-10,12-13,16-17,19H2,1-3H3. The molecule has 0 bridgehead atoms. The summed E-state index contributed by atoms with van der Waals surface area (Å²) < 4.78 is 63.5. The van der Waals surface area contributed by atoms with Gasteiger partial charge in [0.15, 0.2) is 11.5 Å². The van der Waals surface area contributed by atoms with Crippen LogP contribution in [0.15, 0.2) is 43.2 Å². The number of carbonyl (C=O) groups excluding carboxylic acids is 1. The van der Waals surface area contributed by atoms with Gasteiger partial charge in [-0.05, 0) is 31.0 Å². The van der Waals surface area contributed by atoms with Gasteiger partial charge in [0, 0.05) is 76.4 Å². The lowest BCUT2D eigenvalue weighted by Gasteiger charge is -2.47. The van der Waals surface area contributed by atoms with E-state index in [9.17, 15) is 22.4 Å². The molecule has 0 aliphatic carbocycles. The molecule has 6 heterocycles. The van der Waals surface area contributed by atoms with Crippen molar-refractivity contribution in [3.63, 3.8) is 0 Å². The van der Waals surface area contributed by atoms with E-state index in [-0.39, 0.29) is 12.1 Å². The minimum atomic E-state index is -4.97. The van der Waals surface area contributed by atoms with Crippen LogP contribution >= 0.6 is 0 Å².